The summed E-state index contributed by atoms with van der Waals surface area (Å²) >= 11 is 0. The van der Waals surface area contributed by atoms with Crippen LogP contribution in [-0.4, -0.2) is 98.8 Å². The molecule has 0 aromatic carbocycles. The lowest BCUT2D eigenvalue weighted by Crippen LogP contribution is -2.88. The number of carbonyl (C=O) groups is 1. The molecule has 0 radical (unpaired) electrons. The second-order valence-corrected chi connectivity index (χ2v) is 19.3. The summed E-state index contributed by atoms with van der Waals surface area (Å²) in [6.07, 6.45) is 1.92. The van der Waals surface area contributed by atoms with Crippen LogP contribution in [-0.2, 0) is 19.0 Å². The number of ether oxygens (including phenoxy) is 3. The van der Waals surface area contributed by atoms with Gasteiger partial charge in [0.1, 0.15) is 12.4 Å². The molecule has 6 N–H and O–H groups in total. The van der Waals surface area contributed by atoms with Gasteiger partial charge >= 0.3 is 0 Å². The van der Waals surface area contributed by atoms with E-state index < -0.39 is 82.0 Å². The third kappa shape index (κ3) is 3.88. The van der Waals surface area contributed by atoms with Crippen molar-refractivity contribution in [3.63, 3.8) is 0 Å². The summed E-state index contributed by atoms with van der Waals surface area (Å²) in [6.45, 7) is 15.3. The molecule has 10 rings (SSSR count). The average Bonchev–Trinajstić information content (AvgIpc) is 3.51. The molecule has 3 aliphatic heterocycles. The topological polar surface area (TPSA) is 166 Å². The Kier molecular flexibility index (Phi) is 7.65. The molecule has 0 aromatic rings. The molecular weight excluding hydrogens is 652 g/mol. The first-order valence-corrected chi connectivity index (χ1v) is 19.6. The zero-order chi connectivity index (χ0) is 36.3. The normalized spacial score (nSPS) is 57.8. The maximum atomic E-state index is 12.8. The first-order chi connectivity index (χ1) is 24.1. The van der Waals surface area contributed by atoms with E-state index in [-0.39, 0.29) is 36.4 Å². The van der Waals surface area contributed by atoms with E-state index in [1.807, 2.05) is 13.8 Å². The van der Waals surface area contributed by atoms with Crippen LogP contribution in [0.5, 0.6) is 0 Å². The van der Waals surface area contributed by atoms with Crippen molar-refractivity contribution in [3.05, 3.63) is 36.0 Å². The summed E-state index contributed by atoms with van der Waals surface area (Å²) in [5.74, 6) is -3.79. The van der Waals surface area contributed by atoms with Crippen LogP contribution in [0.25, 0.3) is 0 Å². The van der Waals surface area contributed by atoms with Gasteiger partial charge in [0.2, 0.25) is 5.79 Å². The predicted molar refractivity (Wildman–Crippen MR) is 184 cm³/mol. The first-order valence-electron chi connectivity index (χ1n) is 19.6. The van der Waals surface area contributed by atoms with Crippen molar-refractivity contribution in [3.8, 4) is 0 Å². The molecule has 10 aliphatic rings. The van der Waals surface area contributed by atoms with Gasteiger partial charge in [-0.2, -0.15) is 0 Å². The van der Waals surface area contributed by atoms with Gasteiger partial charge in [-0.05, 0) is 103 Å². The number of hydrogen-bond acceptors (Lipinski definition) is 10. The van der Waals surface area contributed by atoms with Gasteiger partial charge in [-0.25, -0.2) is 0 Å². The van der Waals surface area contributed by atoms with Crippen molar-refractivity contribution in [2.24, 2.45) is 62.6 Å². The fourth-order valence-electron chi connectivity index (χ4n) is 15.3. The molecule has 51 heavy (non-hydrogen) atoms. The monoisotopic (exact) mass is 710 g/mol. The molecule has 0 amide bonds. The highest BCUT2D eigenvalue weighted by Crippen LogP contribution is 2.79. The molecule has 2 spiro atoms. The molecule has 7 aliphatic carbocycles. The van der Waals surface area contributed by atoms with Gasteiger partial charge in [-0.3, -0.25) is 0 Å². The van der Waals surface area contributed by atoms with Gasteiger partial charge in [0.25, 0.3) is 0 Å². The molecule has 18 atom stereocenters. The van der Waals surface area contributed by atoms with Crippen LogP contribution in [0.4, 0.5) is 0 Å². The highest BCUT2D eigenvalue weighted by Gasteiger charge is 2.89. The standard InChI is InChI=1S/C41H58O10/c1-20-18-49-30-22(20)6-9-25-24(30)8-10-26-37(25,5)15-13-28(43)38(26,16-17-42)19-50-35-39-27-11-7-23-21(2)32(45)40(27,33(23)46)41(48,51-35)34(47)31(39)36(3,4)14-12-29(39)44/h8,17,22-23,25-35,43-48H,1-2,6-7,9-16,18-19H2,3-5H3/t22-,23-,25+,26-,27-,28+,29-,30+,31+,32?,33+,34-,35-,37-,38-,39-,40-,41+/m0/s1. The fraction of sp³-hybridized carbons (Fsp3) is 0.829. The summed E-state index contributed by atoms with van der Waals surface area (Å²) in [7, 11) is 0. The largest absolute Gasteiger partial charge is 0.392 e. The molecule has 1 unspecified atom stereocenters. The summed E-state index contributed by atoms with van der Waals surface area (Å²) in [4.78, 5) is 12.7. The lowest BCUT2D eigenvalue weighted by atomic mass is 9.35. The van der Waals surface area contributed by atoms with Gasteiger partial charge < -0.3 is 49.6 Å². The van der Waals surface area contributed by atoms with E-state index in [9.17, 15) is 35.4 Å². The number of allylic oxidation sites excluding steroid dienone is 1. The second kappa shape index (κ2) is 11.1. The SMILES string of the molecule is C=C1C(O)[C@]23[C@H](O)[C@H]1CC[C@H]2[C@@]12[C@@H](OC[C@]4(CC=O)[C@H](O)CC[C@@]5(C)[C@@H]6CC[C@H]7C(=C)CO[C@H]7C6=CC[C@@H]54)O[C@]3(O)[C@@H](O)[C@@H]1C(C)(C)CC[C@@H]2O. The van der Waals surface area contributed by atoms with Crippen LogP contribution < -0.4 is 0 Å². The number of aliphatic hydroxyl groups excluding tert-OH is 5. The molecular formula is C41H58O10. The third-order valence-electron chi connectivity index (χ3n) is 17.4. The Labute approximate surface area is 300 Å². The Hall–Kier alpha value is -1.47. The van der Waals surface area contributed by atoms with Crippen LogP contribution in [0.3, 0.4) is 0 Å². The lowest BCUT2D eigenvalue weighted by Gasteiger charge is -2.77. The highest BCUT2D eigenvalue weighted by molar-refractivity contribution is 5.52. The quantitative estimate of drug-likeness (QED) is 0.184. The maximum absolute atomic E-state index is 12.8. The van der Waals surface area contributed by atoms with Crippen LogP contribution >= 0.6 is 0 Å². The first kappa shape index (κ1) is 35.2. The highest BCUT2D eigenvalue weighted by atomic mass is 16.8. The minimum atomic E-state index is -2.41. The average molecular weight is 711 g/mol. The van der Waals surface area contributed by atoms with E-state index in [0.29, 0.717) is 56.6 Å². The summed E-state index contributed by atoms with van der Waals surface area (Å²) in [6, 6.07) is 0. The van der Waals surface area contributed by atoms with Crippen LogP contribution in [0.15, 0.2) is 36.0 Å². The van der Waals surface area contributed by atoms with E-state index in [2.05, 4.69) is 26.2 Å². The molecule has 10 heteroatoms. The fourth-order valence-corrected chi connectivity index (χ4v) is 15.3. The van der Waals surface area contributed by atoms with Crippen molar-refractivity contribution in [1.82, 2.24) is 0 Å². The van der Waals surface area contributed by atoms with Crippen molar-refractivity contribution < 1.29 is 49.6 Å². The van der Waals surface area contributed by atoms with Crippen molar-refractivity contribution >= 4 is 6.29 Å². The molecule has 10 nitrogen and oxygen atoms in total. The lowest BCUT2D eigenvalue weighted by molar-refractivity contribution is -0.528. The summed E-state index contributed by atoms with van der Waals surface area (Å²) < 4.78 is 19.9. The molecule has 9 fully saturated rings. The van der Waals surface area contributed by atoms with E-state index in [0.717, 1.165) is 31.1 Å². The number of rotatable bonds is 5. The molecule has 0 aromatic heterocycles. The molecule has 3 heterocycles. The van der Waals surface area contributed by atoms with Crippen molar-refractivity contribution in [2.75, 3.05) is 13.2 Å². The number of carbonyl (C=O) groups excluding carboxylic acids is 1. The molecule has 6 saturated carbocycles. The summed E-state index contributed by atoms with van der Waals surface area (Å²) in [5.41, 5.74) is -1.90. The van der Waals surface area contributed by atoms with Crippen LogP contribution in [0, 0.1) is 62.6 Å². The van der Waals surface area contributed by atoms with Gasteiger partial charge in [0, 0.05) is 29.6 Å². The molecule has 4 bridgehead atoms. The van der Waals surface area contributed by atoms with Gasteiger partial charge in [-0.1, -0.05) is 40.0 Å². The van der Waals surface area contributed by atoms with Crippen LogP contribution in [0.2, 0.25) is 0 Å². The minimum Gasteiger partial charge on any atom is -0.392 e. The Morgan fingerprint density at radius 2 is 1.65 bits per heavy atom. The zero-order valence-electron chi connectivity index (χ0n) is 30.4. The van der Waals surface area contributed by atoms with Crippen LogP contribution in [0.1, 0.15) is 85.0 Å². The van der Waals surface area contributed by atoms with E-state index >= 15 is 0 Å². The van der Waals surface area contributed by atoms with E-state index in [4.69, 9.17) is 14.2 Å². The van der Waals surface area contributed by atoms with Gasteiger partial charge in [-0.15, -0.1) is 0 Å². The number of fused-ring (bicyclic) bond motifs is 7. The summed E-state index contributed by atoms with van der Waals surface area (Å²) in [5, 5.41) is 73.3. The predicted octanol–water partition coefficient (Wildman–Crippen LogP) is 3.17. The maximum Gasteiger partial charge on any atom is 0.206 e. The minimum absolute atomic E-state index is 0.0305. The Morgan fingerprint density at radius 3 is 2.39 bits per heavy atom. The third-order valence-corrected chi connectivity index (χ3v) is 17.4. The smallest absolute Gasteiger partial charge is 0.206 e. The van der Waals surface area contributed by atoms with Gasteiger partial charge in [0.15, 0.2) is 6.29 Å². The number of aliphatic hydroxyl groups is 6. The molecule has 282 valence electrons. The van der Waals surface area contributed by atoms with E-state index in [1.165, 1.54) is 5.57 Å². The Morgan fingerprint density at radius 1 is 0.922 bits per heavy atom. The Bertz CT molecular complexity index is 1560. The zero-order valence-corrected chi connectivity index (χ0v) is 30.4. The molecule has 3 saturated heterocycles. The second-order valence-electron chi connectivity index (χ2n) is 19.3. The van der Waals surface area contributed by atoms with Crippen molar-refractivity contribution in [2.45, 2.75) is 134 Å². The van der Waals surface area contributed by atoms with E-state index in [1.54, 1.807) is 0 Å². The van der Waals surface area contributed by atoms with Gasteiger partial charge in [0.05, 0.1) is 54.6 Å². The van der Waals surface area contributed by atoms with Crippen molar-refractivity contribution in [1.29, 1.82) is 0 Å². The number of hydrogen-bond donors (Lipinski definition) is 6. The number of aldehydes is 1. The Balaban J connectivity index is 1.13.